The van der Waals surface area contributed by atoms with Crippen molar-refractivity contribution in [1.82, 2.24) is 0 Å². The van der Waals surface area contributed by atoms with Gasteiger partial charge >= 0.3 is 0 Å². The van der Waals surface area contributed by atoms with Crippen molar-refractivity contribution in [2.75, 3.05) is 18.5 Å². The van der Waals surface area contributed by atoms with Crippen LogP contribution in [0.4, 0.5) is 5.69 Å². The summed E-state index contributed by atoms with van der Waals surface area (Å²) >= 11 is 0. The molecule has 1 aliphatic rings. The lowest BCUT2D eigenvalue weighted by Gasteiger charge is -2.22. The van der Waals surface area contributed by atoms with Crippen molar-refractivity contribution in [2.45, 2.75) is 38.7 Å². The van der Waals surface area contributed by atoms with Crippen LogP contribution in [0.5, 0.6) is 0 Å². The summed E-state index contributed by atoms with van der Waals surface area (Å²) in [5, 5.41) is 11.6. The Morgan fingerprint density at radius 2 is 2.33 bits per heavy atom. The molecule has 1 atom stereocenters. The smallest absolute Gasteiger partial charge is 0.253 e. The fraction of sp³-hybridized carbons (Fsp3) is 0.471. The predicted molar refractivity (Wildman–Crippen MR) is 82.0 cm³/mol. The molecule has 4 nitrogen and oxygen atoms in total. The molecule has 1 aromatic carbocycles. The van der Waals surface area contributed by atoms with Gasteiger partial charge in [-0.25, -0.2) is 0 Å². The molecule has 1 amide bonds. The molecule has 0 spiro atoms. The summed E-state index contributed by atoms with van der Waals surface area (Å²) in [6, 6.07) is 5.66. The number of aryl methyl sites for hydroxylation is 1. The lowest BCUT2D eigenvalue weighted by atomic mass is 10.1. The van der Waals surface area contributed by atoms with Crippen LogP contribution in [0.2, 0.25) is 0 Å². The van der Waals surface area contributed by atoms with Crippen LogP contribution in [0.1, 0.15) is 36.8 Å². The molecule has 0 radical (unpaired) electrons. The van der Waals surface area contributed by atoms with Gasteiger partial charge in [-0.15, -0.1) is 0 Å². The zero-order chi connectivity index (χ0) is 15.1. The molecular formula is C17H21NO3. The van der Waals surface area contributed by atoms with E-state index in [0.717, 1.165) is 36.1 Å². The SMILES string of the molecule is Cc1cc(C#CCCO)ccc1NC(=O)C1CCCCO1. The molecule has 0 aliphatic carbocycles. The summed E-state index contributed by atoms with van der Waals surface area (Å²) in [6.45, 7) is 2.67. The first-order chi connectivity index (χ1) is 10.2. The third kappa shape index (κ3) is 4.59. The van der Waals surface area contributed by atoms with E-state index in [1.807, 2.05) is 25.1 Å². The minimum absolute atomic E-state index is 0.0709. The zero-order valence-electron chi connectivity index (χ0n) is 12.3. The van der Waals surface area contributed by atoms with Gasteiger partial charge in [-0.05, 0) is 49.9 Å². The highest BCUT2D eigenvalue weighted by atomic mass is 16.5. The topological polar surface area (TPSA) is 58.6 Å². The third-order valence-corrected chi connectivity index (χ3v) is 3.43. The maximum atomic E-state index is 12.1. The van der Waals surface area contributed by atoms with Gasteiger partial charge in [-0.1, -0.05) is 11.8 Å². The number of carbonyl (C=O) groups is 1. The Kier molecular flexibility index (Phi) is 5.79. The van der Waals surface area contributed by atoms with Crippen LogP contribution in [-0.2, 0) is 9.53 Å². The number of carbonyl (C=O) groups excluding carboxylic acids is 1. The molecule has 2 N–H and O–H groups in total. The van der Waals surface area contributed by atoms with E-state index >= 15 is 0 Å². The lowest BCUT2D eigenvalue weighted by molar-refractivity contribution is -0.129. The molecule has 1 unspecified atom stereocenters. The molecular weight excluding hydrogens is 266 g/mol. The summed E-state index contributed by atoms with van der Waals surface area (Å²) < 4.78 is 5.48. The number of aliphatic hydroxyl groups excluding tert-OH is 1. The average molecular weight is 287 g/mol. The van der Waals surface area contributed by atoms with Crippen LogP contribution in [0.25, 0.3) is 0 Å². The van der Waals surface area contributed by atoms with E-state index in [-0.39, 0.29) is 18.6 Å². The Balaban J connectivity index is 2.00. The number of rotatable bonds is 3. The Morgan fingerprint density at radius 3 is 3.00 bits per heavy atom. The van der Waals surface area contributed by atoms with Gasteiger partial charge in [-0.3, -0.25) is 4.79 Å². The first-order valence-electron chi connectivity index (χ1n) is 7.33. The fourth-order valence-electron chi connectivity index (χ4n) is 2.26. The highest BCUT2D eigenvalue weighted by molar-refractivity contribution is 5.94. The van der Waals surface area contributed by atoms with Crippen molar-refractivity contribution in [3.63, 3.8) is 0 Å². The van der Waals surface area contributed by atoms with Crippen LogP contribution in [0, 0.1) is 18.8 Å². The van der Waals surface area contributed by atoms with Gasteiger partial charge in [-0.2, -0.15) is 0 Å². The quantitative estimate of drug-likeness (QED) is 0.838. The zero-order valence-corrected chi connectivity index (χ0v) is 12.3. The minimum atomic E-state index is -0.331. The van der Waals surface area contributed by atoms with Crippen molar-refractivity contribution in [2.24, 2.45) is 0 Å². The molecule has 1 aromatic rings. The normalized spacial score (nSPS) is 17.7. The second-order valence-corrected chi connectivity index (χ2v) is 5.15. The van der Waals surface area contributed by atoms with Crippen LogP contribution >= 0.6 is 0 Å². The van der Waals surface area contributed by atoms with Gasteiger partial charge in [0, 0.05) is 24.3 Å². The molecule has 4 heteroatoms. The largest absolute Gasteiger partial charge is 0.395 e. The van der Waals surface area contributed by atoms with Gasteiger partial charge in [0.15, 0.2) is 0 Å². The average Bonchev–Trinajstić information content (AvgIpc) is 2.51. The number of hydrogen-bond acceptors (Lipinski definition) is 3. The van der Waals surface area contributed by atoms with Crippen LogP contribution < -0.4 is 5.32 Å². The van der Waals surface area contributed by atoms with E-state index in [9.17, 15) is 4.79 Å². The molecule has 2 rings (SSSR count). The van der Waals surface area contributed by atoms with Crippen LogP contribution in [0.15, 0.2) is 18.2 Å². The number of hydrogen-bond donors (Lipinski definition) is 2. The van der Waals surface area contributed by atoms with Crippen molar-refractivity contribution in [3.8, 4) is 11.8 Å². The Morgan fingerprint density at radius 1 is 1.48 bits per heavy atom. The van der Waals surface area contributed by atoms with Crippen LogP contribution in [-0.4, -0.2) is 30.3 Å². The lowest BCUT2D eigenvalue weighted by Crippen LogP contribution is -2.33. The number of amides is 1. The molecule has 1 fully saturated rings. The van der Waals surface area contributed by atoms with E-state index in [2.05, 4.69) is 17.2 Å². The first kappa shape index (κ1) is 15.6. The summed E-state index contributed by atoms with van der Waals surface area (Å²) in [5.74, 6) is 5.79. The predicted octanol–water partition coefficient (Wildman–Crippen LogP) is 2.24. The number of ether oxygens (including phenoxy) is 1. The van der Waals surface area contributed by atoms with Crippen molar-refractivity contribution >= 4 is 11.6 Å². The Hall–Kier alpha value is -1.83. The number of anilines is 1. The van der Waals surface area contributed by atoms with E-state index in [4.69, 9.17) is 9.84 Å². The second-order valence-electron chi connectivity index (χ2n) is 5.15. The summed E-state index contributed by atoms with van der Waals surface area (Å²) in [5.41, 5.74) is 2.64. The van der Waals surface area contributed by atoms with Gasteiger partial charge < -0.3 is 15.2 Å². The minimum Gasteiger partial charge on any atom is -0.395 e. The number of benzene rings is 1. The maximum absolute atomic E-state index is 12.1. The molecule has 0 saturated carbocycles. The fourth-order valence-corrected chi connectivity index (χ4v) is 2.26. The highest BCUT2D eigenvalue weighted by Gasteiger charge is 2.22. The molecule has 0 aromatic heterocycles. The molecule has 21 heavy (non-hydrogen) atoms. The number of aliphatic hydroxyl groups is 1. The Labute approximate surface area is 125 Å². The van der Waals surface area contributed by atoms with E-state index in [1.165, 1.54) is 0 Å². The van der Waals surface area contributed by atoms with Crippen molar-refractivity contribution in [1.29, 1.82) is 0 Å². The molecule has 112 valence electrons. The van der Waals surface area contributed by atoms with Gasteiger partial charge in [0.25, 0.3) is 5.91 Å². The molecule has 1 saturated heterocycles. The van der Waals surface area contributed by atoms with Crippen LogP contribution in [0.3, 0.4) is 0 Å². The van der Waals surface area contributed by atoms with Crippen molar-refractivity contribution < 1.29 is 14.6 Å². The summed E-state index contributed by atoms with van der Waals surface area (Å²) in [7, 11) is 0. The maximum Gasteiger partial charge on any atom is 0.253 e. The monoisotopic (exact) mass is 287 g/mol. The third-order valence-electron chi connectivity index (χ3n) is 3.43. The Bertz CT molecular complexity index is 551. The first-order valence-corrected chi connectivity index (χ1v) is 7.33. The van der Waals surface area contributed by atoms with Gasteiger partial charge in [0.05, 0.1) is 6.61 Å². The van der Waals surface area contributed by atoms with E-state index in [1.54, 1.807) is 0 Å². The summed E-state index contributed by atoms with van der Waals surface area (Å²) in [6.07, 6.45) is 2.99. The van der Waals surface area contributed by atoms with E-state index < -0.39 is 0 Å². The number of nitrogens with one attached hydrogen (secondary N) is 1. The molecule has 0 bridgehead atoms. The van der Waals surface area contributed by atoms with Crippen molar-refractivity contribution in [3.05, 3.63) is 29.3 Å². The van der Waals surface area contributed by atoms with Gasteiger partial charge in [0.2, 0.25) is 0 Å². The molecule has 1 heterocycles. The second kappa shape index (κ2) is 7.82. The summed E-state index contributed by atoms with van der Waals surface area (Å²) in [4.78, 5) is 12.1. The standard InChI is InChI=1S/C17H21NO3/c1-13-12-14(6-2-4-10-19)8-9-15(13)18-17(20)16-7-3-5-11-21-16/h8-9,12,16,19H,3-5,7,10-11H2,1H3,(H,18,20). The highest BCUT2D eigenvalue weighted by Crippen LogP contribution is 2.19. The van der Waals surface area contributed by atoms with E-state index in [0.29, 0.717) is 13.0 Å². The molecule has 1 aliphatic heterocycles. The van der Waals surface area contributed by atoms with Gasteiger partial charge in [0.1, 0.15) is 6.10 Å².